The van der Waals surface area contributed by atoms with Crippen LogP contribution in [0.1, 0.15) is 5.56 Å². The summed E-state index contributed by atoms with van der Waals surface area (Å²) in [5, 5.41) is 7.08. The van der Waals surface area contributed by atoms with Crippen molar-refractivity contribution in [1.82, 2.24) is 25.1 Å². The third kappa shape index (κ3) is 3.29. The smallest absolute Gasteiger partial charge is 0.272 e. The van der Waals surface area contributed by atoms with Crippen LogP contribution in [0.25, 0.3) is 33.1 Å². The van der Waals surface area contributed by atoms with Gasteiger partial charge in [-0.15, -0.1) is 0 Å². The van der Waals surface area contributed by atoms with E-state index in [1.165, 1.54) is 12.3 Å². The summed E-state index contributed by atoms with van der Waals surface area (Å²) in [4.78, 5) is 21.9. The summed E-state index contributed by atoms with van der Waals surface area (Å²) in [5.41, 5.74) is 8.74. The van der Waals surface area contributed by atoms with E-state index in [9.17, 15) is 9.18 Å². The van der Waals surface area contributed by atoms with Gasteiger partial charge in [-0.25, -0.2) is 9.37 Å². The molecule has 150 valence electrons. The molecule has 0 aliphatic heterocycles. The number of aromatic nitrogens is 4. The summed E-state index contributed by atoms with van der Waals surface area (Å²) in [6.45, 7) is 3.05. The van der Waals surface area contributed by atoms with Crippen LogP contribution in [0.15, 0.2) is 29.2 Å². The molecule has 0 unspecified atom stereocenters. The van der Waals surface area contributed by atoms with Crippen molar-refractivity contribution in [2.45, 2.75) is 6.92 Å². The van der Waals surface area contributed by atoms with E-state index in [0.29, 0.717) is 40.0 Å². The van der Waals surface area contributed by atoms with Crippen molar-refractivity contribution in [2.24, 2.45) is 0 Å². The Bertz CT molecular complexity index is 1280. The highest BCUT2D eigenvalue weighted by Gasteiger charge is 2.19. The summed E-state index contributed by atoms with van der Waals surface area (Å²) in [5.74, 6) is 0.0167. The molecule has 1 aromatic carbocycles. The van der Waals surface area contributed by atoms with E-state index in [4.69, 9.17) is 10.5 Å². The van der Waals surface area contributed by atoms with Gasteiger partial charge in [0.05, 0.1) is 11.7 Å². The number of rotatable bonds is 5. The lowest BCUT2D eigenvalue weighted by Gasteiger charge is -2.15. The maximum absolute atomic E-state index is 14.1. The van der Waals surface area contributed by atoms with Crippen LogP contribution in [-0.2, 0) is 0 Å². The lowest BCUT2D eigenvalue weighted by molar-refractivity contribution is 0.253. The number of anilines is 1. The van der Waals surface area contributed by atoms with Gasteiger partial charge in [0, 0.05) is 23.1 Å². The molecule has 0 spiro atoms. The molecule has 0 fully saturated rings. The van der Waals surface area contributed by atoms with Crippen molar-refractivity contribution in [2.75, 3.05) is 33.0 Å². The van der Waals surface area contributed by atoms with E-state index in [0.717, 1.165) is 12.1 Å². The Morgan fingerprint density at radius 1 is 1.31 bits per heavy atom. The molecule has 0 saturated heterocycles. The van der Waals surface area contributed by atoms with Crippen LogP contribution in [0, 0.1) is 12.7 Å². The number of nitrogen functional groups attached to an aromatic ring is 1. The van der Waals surface area contributed by atoms with Gasteiger partial charge in [-0.1, -0.05) is 6.07 Å². The van der Waals surface area contributed by atoms with Gasteiger partial charge in [0.1, 0.15) is 29.1 Å². The highest BCUT2D eigenvalue weighted by Crippen LogP contribution is 2.36. The second-order valence-electron chi connectivity index (χ2n) is 7.15. The Morgan fingerprint density at radius 2 is 2.10 bits per heavy atom. The minimum absolute atomic E-state index is 0.00204. The number of hydrogen-bond acceptors (Lipinski definition) is 6. The van der Waals surface area contributed by atoms with Gasteiger partial charge in [-0.05, 0) is 38.7 Å². The number of benzene rings is 1. The molecule has 0 atom stereocenters. The summed E-state index contributed by atoms with van der Waals surface area (Å²) < 4.78 is 20.0. The fourth-order valence-corrected chi connectivity index (χ4v) is 3.28. The van der Waals surface area contributed by atoms with E-state index in [2.05, 4.69) is 20.2 Å². The minimum Gasteiger partial charge on any atom is -0.476 e. The second kappa shape index (κ2) is 7.17. The normalized spacial score (nSPS) is 11.6. The molecule has 0 aliphatic carbocycles. The number of nitrogens with one attached hydrogen (secondary N) is 2. The summed E-state index contributed by atoms with van der Waals surface area (Å²) in [7, 11) is 3.91. The molecule has 3 aromatic heterocycles. The first kappa shape index (κ1) is 18.9. The van der Waals surface area contributed by atoms with Crippen LogP contribution in [0.4, 0.5) is 10.1 Å². The van der Waals surface area contributed by atoms with Crippen LogP contribution in [0.5, 0.6) is 5.88 Å². The molecule has 9 heteroatoms. The van der Waals surface area contributed by atoms with Gasteiger partial charge in [0.15, 0.2) is 0 Å². The molecule has 0 bridgehead atoms. The van der Waals surface area contributed by atoms with Crippen LogP contribution in [0.3, 0.4) is 0 Å². The monoisotopic (exact) mass is 396 g/mol. The number of aromatic amines is 2. The second-order valence-corrected chi connectivity index (χ2v) is 7.15. The summed E-state index contributed by atoms with van der Waals surface area (Å²) >= 11 is 0. The Kier molecular flexibility index (Phi) is 4.67. The molecule has 29 heavy (non-hydrogen) atoms. The lowest BCUT2D eigenvalue weighted by atomic mass is 9.99. The number of fused-ring (bicyclic) bond motifs is 2. The Labute approximate surface area is 165 Å². The number of halogens is 1. The predicted molar refractivity (Wildman–Crippen MR) is 111 cm³/mol. The van der Waals surface area contributed by atoms with Crippen LogP contribution >= 0.6 is 0 Å². The summed E-state index contributed by atoms with van der Waals surface area (Å²) in [6.07, 6.45) is 1.50. The molecular weight excluding hydrogens is 375 g/mol. The van der Waals surface area contributed by atoms with E-state index in [1.54, 1.807) is 12.1 Å². The predicted octanol–water partition coefficient (Wildman–Crippen LogP) is 2.44. The molecule has 4 N–H and O–H groups in total. The number of H-pyrrole nitrogens is 2. The number of likely N-dealkylation sites (N-methyl/N-ethyl adjacent to an activating group) is 1. The molecule has 0 aliphatic rings. The first-order valence-electron chi connectivity index (χ1n) is 9.09. The van der Waals surface area contributed by atoms with Crippen LogP contribution < -0.4 is 16.0 Å². The van der Waals surface area contributed by atoms with Gasteiger partial charge < -0.3 is 20.4 Å². The van der Waals surface area contributed by atoms with E-state index >= 15 is 0 Å². The van der Waals surface area contributed by atoms with Crippen molar-refractivity contribution < 1.29 is 9.13 Å². The maximum Gasteiger partial charge on any atom is 0.272 e. The fraction of sp³-hybridized carbons (Fsp3) is 0.250. The van der Waals surface area contributed by atoms with Gasteiger partial charge in [0.2, 0.25) is 5.88 Å². The number of ether oxygens (including phenoxy) is 1. The Morgan fingerprint density at radius 3 is 2.86 bits per heavy atom. The Balaban J connectivity index is 1.97. The van der Waals surface area contributed by atoms with E-state index < -0.39 is 11.4 Å². The van der Waals surface area contributed by atoms with Crippen LogP contribution in [-0.4, -0.2) is 52.3 Å². The maximum atomic E-state index is 14.1. The molecule has 8 nitrogen and oxygen atoms in total. The molecule has 0 saturated carbocycles. The Hall–Kier alpha value is -3.46. The van der Waals surface area contributed by atoms with E-state index in [1.807, 2.05) is 25.9 Å². The zero-order valence-corrected chi connectivity index (χ0v) is 16.3. The highest BCUT2D eigenvalue weighted by atomic mass is 19.1. The van der Waals surface area contributed by atoms with Crippen molar-refractivity contribution >= 4 is 27.6 Å². The van der Waals surface area contributed by atoms with Gasteiger partial charge in [0.25, 0.3) is 5.56 Å². The molecular formula is C20H21FN6O2. The molecule has 0 radical (unpaired) electrons. The quantitative estimate of drug-likeness (QED) is 0.478. The van der Waals surface area contributed by atoms with Crippen LogP contribution in [0.2, 0.25) is 0 Å². The third-order valence-electron chi connectivity index (χ3n) is 4.78. The van der Waals surface area contributed by atoms with Crippen molar-refractivity contribution in [1.29, 1.82) is 0 Å². The topological polar surface area (TPSA) is 113 Å². The molecule has 3 heterocycles. The van der Waals surface area contributed by atoms with Gasteiger partial charge in [-0.3, -0.25) is 9.89 Å². The lowest BCUT2D eigenvalue weighted by Crippen LogP contribution is -2.20. The summed E-state index contributed by atoms with van der Waals surface area (Å²) in [6, 6.07) is 4.69. The average molecular weight is 396 g/mol. The van der Waals surface area contributed by atoms with Crippen molar-refractivity contribution in [3.05, 3.63) is 46.1 Å². The number of nitrogens with two attached hydrogens (primary N) is 1. The SMILES string of the molecule is Cc1cc2[nH]c(=O)c(N)c(-c3ccc(F)c4[nH]ncc34)c2nc1OCCN(C)C. The fourth-order valence-electron chi connectivity index (χ4n) is 3.28. The first-order valence-corrected chi connectivity index (χ1v) is 9.09. The molecule has 4 aromatic rings. The number of aryl methyl sites for hydroxylation is 1. The zero-order chi connectivity index (χ0) is 20.7. The first-order chi connectivity index (χ1) is 13.9. The van der Waals surface area contributed by atoms with Crippen molar-refractivity contribution in [3.63, 3.8) is 0 Å². The van der Waals surface area contributed by atoms with E-state index in [-0.39, 0.29) is 11.2 Å². The zero-order valence-electron chi connectivity index (χ0n) is 16.3. The standard InChI is InChI=1S/C20H21FN6O2/c1-10-8-14-18(25-20(10)29-7-6-27(2)3)15(16(22)19(28)24-14)11-4-5-13(21)17-12(11)9-23-26-17/h4-5,8-9H,6-7,22H2,1-3H3,(H,23,26)(H,24,28). The number of hydrogen-bond donors (Lipinski definition) is 3. The van der Waals surface area contributed by atoms with Gasteiger partial charge >= 0.3 is 0 Å². The highest BCUT2D eigenvalue weighted by molar-refractivity contribution is 6.06. The molecule has 0 amide bonds. The largest absolute Gasteiger partial charge is 0.476 e. The van der Waals surface area contributed by atoms with Crippen molar-refractivity contribution in [3.8, 4) is 17.0 Å². The third-order valence-corrected chi connectivity index (χ3v) is 4.78. The molecule has 4 rings (SSSR count). The number of nitrogens with zero attached hydrogens (tertiary/aromatic N) is 3. The number of pyridine rings is 2. The minimum atomic E-state index is -0.439. The average Bonchev–Trinajstić information content (AvgIpc) is 3.16. The van der Waals surface area contributed by atoms with Gasteiger partial charge in [-0.2, -0.15) is 5.10 Å².